The standard InChI is InChI=1S/C50H39N3O2S/c1-5-17-44-34(2)18-15-26-46(44)52(40-21-9-6-7-10-22-40)42-29-38(49-28-35(3)36(4)48(56-49)31-39(33-51)50(54)55)30-43(32-42)53(41-23-11-8-12-24-41)47-27-16-20-37-19-13-14-25-45(37)47/h5,8-9,11-12,14-18,20-32,35H,10H2,1-4H3,(H,54,55)/b17-5-,39-31-. The van der Waals surface area contributed by atoms with Crippen LogP contribution in [0.3, 0.4) is 0 Å². The van der Waals surface area contributed by atoms with Crippen molar-refractivity contribution in [1.29, 1.82) is 5.26 Å². The first-order valence-electron chi connectivity index (χ1n) is 18.4. The fraction of sp³-hybridized carbons (Fsp3) is 0.120. The molecule has 0 fully saturated rings. The molecule has 0 saturated carbocycles. The molecule has 56 heavy (non-hydrogen) atoms. The maximum atomic E-state index is 12.0. The number of hydrogen-bond acceptors (Lipinski definition) is 5. The number of carboxylic acids is 1. The van der Waals surface area contributed by atoms with Crippen molar-refractivity contribution < 1.29 is 9.90 Å². The number of para-hydroxylation sites is 1. The molecular formula is C50H39N3O2S. The van der Waals surface area contributed by atoms with Crippen molar-refractivity contribution in [3.05, 3.63) is 184 Å². The first kappa shape index (κ1) is 37.4. The van der Waals surface area contributed by atoms with Crippen molar-refractivity contribution in [2.45, 2.75) is 34.1 Å². The number of fused-ring (bicyclic) bond motifs is 1. The average molecular weight is 746 g/mol. The van der Waals surface area contributed by atoms with Gasteiger partial charge in [0.15, 0.2) is 0 Å². The van der Waals surface area contributed by atoms with Crippen molar-refractivity contribution in [1.82, 2.24) is 0 Å². The number of allylic oxidation sites excluding steroid dienone is 7. The molecule has 1 heterocycles. The Labute approximate surface area is 333 Å². The number of nitriles is 1. The van der Waals surface area contributed by atoms with Gasteiger partial charge in [-0.3, -0.25) is 0 Å². The lowest BCUT2D eigenvalue weighted by Crippen LogP contribution is -2.18. The van der Waals surface area contributed by atoms with E-state index in [1.54, 1.807) is 0 Å². The van der Waals surface area contributed by atoms with E-state index in [0.717, 1.165) is 77.0 Å². The Morgan fingerprint density at radius 3 is 2.48 bits per heavy atom. The topological polar surface area (TPSA) is 67.6 Å². The molecule has 2 aliphatic rings. The van der Waals surface area contributed by atoms with E-state index >= 15 is 0 Å². The molecule has 5 aromatic carbocycles. The molecule has 1 aliphatic heterocycles. The number of anilines is 5. The van der Waals surface area contributed by atoms with Crippen LogP contribution in [-0.4, -0.2) is 11.1 Å². The zero-order valence-electron chi connectivity index (χ0n) is 31.7. The molecule has 1 aliphatic carbocycles. The fourth-order valence-electron chi connectivity index (χ4n) is 6.96. The number of aliphatic carboxylic acids is 1. The van der Waals surface area contributed by atoms with E-state index in [2.05, 4.69) is 151 Å². The minimum Gasteiger partial charge on any atom is -0.477 e. The molecule has 272 valence electrons. The molecule has 5 nitrogen and oxygen atoms in total. The van der Waals surface area contributed by atoms with Crippen LogP contribution in [0.15, 0.2) is 155 Å². The summed E-state index contributed by atoms with van der Waals surface area (Å²) in [5.41, 5.74) is 9.70. The minimum absolute atomic E-state index is 0.00718. The smallest absolute Gasteiger partial charge is 0.346 e. The van der Waals surface area contributed by atoms with E-state index in [4.69, 9.17) is 0 Å². The Morgan fingerprint density at radius 2 is 1.71 bits per heavy atom. The second-order valence-electron chi connectivity index (χ2n) is 13.5. The highest BCUT2D eigenvalue weighted by Crippen LogP contribution is 2.48. The van der Waals surface area contributed by atoms with Gasteiger partial charge in [0.1, 0.15) is 11.6 Å². The molecule has 1 unspecified atom stereocenters. The molecule has 0 radical (unpaired) electrons. The second kappa shape index (κ2) is 16.6. The third kappa shape index (κ3) is 7.69. The van der Waals surface area contributed by atoms with Crippen LogP contribution < -0.4 is 9.80 Å². The number of rotatable bonds is 10. The SMILES string of the molecule is C/C=C\c1c(C)cccc1N(C1=CCC#CC=C1)c1cc(C2=CC(C)C(C)=C(/C=C(/C#N)C(=O)O)S2)cc(N(c2ccccc2)c2cccc3c#cccc23)c1. The Hall–Kier alpha value is -6.91. The highest BCUT2D eigenvalue weighted by Gasteiger charge is 2.25. The van der Waals surface area contributed by atoms with E-state index in [1.807, 2.05) is 50.3 Å². The summed E-state index contributed by atoms with van der Waals surface area (Å²) in [6.45, 7) is 8.26. The van der Waals surface area contributed by atoms with Gasteiger partial charge < -0.3 is 14.9 Å². The summed E-state index contributed by atoms with van der Waals surface area (Å²) in [6.07, 6.45) is 14.7. The predicted molar refractivity (Wildman–Crippen MR) is 233 cm³/mol. The van der Waals surface area contributed by atoms with E-state index in [-0.39, 0.29) is 11.5 Å². The largest absolute Gasteiger partial charge is 0.477 e. The zero-order valence-corrected chi connectivity index (χ0v) is 32.5. The molecule has 5 aromatic rings. The molecule has 1 N–H and O–H groups in total. The summed E-state index contributed by atoms with van der Waals surface area (Å²) in [5.74, 6) is 5.13. The third-order valence-corrected chi connectivity index (χ3v) is 11.1. The van der Waals surface area contributed by atoms with Crippen LogP contribution >= 0.6 is 11.8 Å². The predicted octanol–water partition coefficient (Wildman–Crippen LogP) is 12.8. The zero-order chi connectivity index (χ0) is 39.2. The van der Waals surface area contributed by atoms with Gasteiger partial charge in [0, 0.05) is 55.3 Å². The van der Waals surface area contributed by atoms with Crippen LogP contribution in [0.5, 0.6) is 0 Å². The Morgan fingerprint density at radius 1 is 0.946 bits per heavy atom. The van der Waals surface area contributed by atoms with E-state index in [9.17, 15) is 15.2 Å². The number of carbonyl (C=O) groups is 1. The average Bonchev–Trinajstić information content (AvgIpc) is 3.50. The van der Waals surface area contributed by atoms with Crippen LogP contribution in [0, 0.1) is 48.1 Å². The summed E-state index contributed by atoms with van der Waals surface area (Å²) in [4.78, 5) is 18.3. The Kier molecular flexibility index (Phi) is 11.1. The minimum atomic E-state index is -1.25. The lowest BCUT2D eigenvalue weighted by atomic mass is 9.98. The van der Waals surface area contributed by atoms with Crippen LogP contribution in [0.25, 0.3) is 21.8 Å². The van der Waals surface area contributed by atoms with E-state index in [1.165, 1.54) is 17.8 Å². The molecule has 0 bridgehead atoms. The van der Waals surface area contributed by atoms with Gasteiger partial charge in [-0.1, -0.05) is 103 Å². The lowest BCUT2D eigenvalue weighted by molar-refractivity contribution is -0.132. The molecule has 7 rings (SSSR count). The molecule has 0 amide bonds. The lowest BCUT2D eigenvalue weighted by Gasteiger charge is -2.32. The molecular weight excluding hydrogens is 707 g/mol. The van der Waals surface area contributed by atoms with Gasteiger partial charge in [-0.15, -0.1) is 0 Å². The summed E-state index contributed by atoms with van der Waals surface area (Å²) < 4.78 is 0. The first-order valence-corrected chi connectivity index (χ1v) is 19.2. The maximum absolute atomic E-state index is 12.0. The van der Waals surface area contributed by atoms with Gasteiger partial charge in [-0.25, -0.2) is 4.79 Å². The number of aryl methyl sites for hydroxylation is 1. The first-order chi connectivity index (χ1) is 27.3. The molecule has 6 heteroatoms. The van der Waals surface area contributed by atoms with Gasteiger partial charge in [-0.2, -0.15) is 5.26 Å². The number of hydrogen-bond donors (Lipinski definition) is 1. The van der Waals surface area contributed by atoms with Crippen LogP contribution in [-0.2, 0) is 4.79 Å². The summed E-state index contributed by atoms with van der Waals surface area (Å²) in [7, 11) is 0. The van der Waals surface area contributed by atoms with E-state index in [0.29, 0.717) is 6.42 Å². The summed E-state index contributed by atoms with van der Waals surface area (Å²) >= 11 is 1.48. The van der Waals surface area contributed by atoms with Crippen LogP contribution in [0.2, 0.25) is 0 Å². The van der Waals surface area contributed by atoms with Crippen molar-refractivity contribution >= 4 is 67.9 Å². The Balaban J connectivity index is 1.54. The van der Waals surface area contributed by atoms with Gasteiger partial charge in [0.05, 0.1) is 11.4 Å². The van der Waals surface area contributed by atoms with Gasteiger partial charge in [0.25, 0.3) is 0 Å². The number of carboxylic acid groups (broad SMARTS) is 1. The highest BCUT2D eigenvalue weighted by molar-refractivity contribution is 8.12. The fourth-order valence-corrected chi connectivity index (χ4v) is 8.23. The van der Waals surface area contributed by atoms with Crippen molar-refractivity contribution in [2.24, 2.45) is 5.92 Å². The van der Waals surface area contributed by atoms with E-state index < -0.39 is 5.97 Å². The number of nitrogens with zero attached hydrogens (tertiary/aromatic N) is 3. The molecule has 0 saturated heterocycles. The molecule has 1 atom stereocenters. The molecule has 0 aromatic heterocycles. The van der Waals surface area contributed by atoms with Crippen molar-refractivity contribution in [2.75, 3.05) is 9.80 Å². The maximum Gasteiger partial charge on any atom is 0.346 e. The van der Waals surface area contributed by atoms with Crippen LogP contribution in [0.1, 0.15) is 43.9 Å². The van der Waals surface area contributed by atoms with Gasteiger partial charge in [-0.05, 0) is 123 Å². The normalized spacial score (nSPS) is 15.3. The van der Waals surface area contributed by atoms with Gasteiger partial charge >= 0.3 is 5.97 Å². The summed E-state index contributed by atoms with van der Waals surface area (Å²) in [5, 5.41) is 21.5. The van der Waals surface area contributed by atoms with Gasteiger partial charge in [0.2, 0.25) is 0 Å². The third-order valence-electron chi connectivity index (χ3n) is 9.89. The quantitative estimate of drug-likeness (QED) is 0.0872. The monoisotopic (exact) mass is 745 g/mol. The van der Waals surface area contributed by atoms with Crippen molar-refractivity contribution in [3.8, 4) is 17.9 Å². The number of thioether (sulfide) groups is 1. The second-order valence-corrected chi connectivity index (χ2v) is 14.6. The highest BCUT2D eigenvalue weighted by atomic mass is 32.2. The Bertz CT molecular complexity index is 2640. The van der Waals surface area contributed by atoms with Crippen molar-refractivity contribution in [3.63, 3.8) is 0 Å². The molecule has 0 spiro atoms. The number of benzene rings is 4. The summed E-state index contributed by atoms with van der Waals surface area (Å²) in [6, 6.07) is 41.8. The van der Waals surface area contributed by atoms with Crippen LogP contribution in [0.4, 0.5) is 28.4 Å².